The van der Waals surface area contributed by atoms with Gasteiger partial charge in [-0.3, -0.25) is 19.2 Å². The largest absolute Gasteiger partial charge is 0.358 e. The number of likely N-dealkylation sites (tertiary alicyclic amines) is 2. The maximum absolute atomic E-state index is 14.8. The van der Waals surface area contributed by atoms with Crippen LogP contribution in [0.15, 0.2) is 48.6 Å². The number of aryl methyl sites for hydroxylation is 2. The Hall–Kier alpha value is -3.94. The molecule has 2 saturated heterocycles. The molecule has 45 heavy (non-hydrogen) atoms. The zero-order valence-corrected chi connectivity index (χ0v) is 26.5. The standard InChI is InChI=1S/C37H40N4O4/c1-6-8-22-13-34(32(44)40-10-9-35(7-2)26(40)11-24(42)30-28(35)19(3)14-38-30)17-36(22,18-34)33(45)41-16-23-21(5)37(23)27(41)12-25(43)31-29(37)20(4)15-39-31/h7,11-12,14-15,21-23,38-39H,2,6,8-10,13,16-18H2,1,3-5H3/t21-,22?,23+,34?,35+,36?,37+/m1/s1. The Kier molecular flexibility index (Phi) is 5.02. The number of amides is 2. The molecule has 4 heterocycles. The van der Waals surface area contributed by atoms with Crippen LogP contribution in [0.25, 0.3) is 0 Å². The number of aromatic nitrogens is 2. The highest BCUT2D eigenvalue weighted by Crippen LogP contribution is 2.75. The van der Waals surface area contributed by atoms with E-state index in [1.165, 1.54) is 0 Å². The predicted molar refractivity (Wildman–Crippen MR) is 167 cm³/mol. The SMILES string of the molecule is C=C[C@]12CCN(C(=O)C34CC(CCC)C(C(=O)N5C[C@H]6[C@@H](C)[C@@]67C5=CC(=O)c5[nH]cc(C)c57)(C3)C4)C1=CC(=O)c1[nH]cc(C)c12. The number of aromatic amines is 2. The quantitative estimate of drug-likeness (QED) is 0.445. The summed E-state index contributed by atoms with van der Waals surface area (Å²) >= 11 is 0. The van der Waals surface area contributed by atoms with Gasteiger partial charge in [-0.15, -0.1) is 6.58 Å². The molecule has 1 spiro atoms. The van der Waals surface area contributed by atoms with Gasteiger partial charge >= 0.3 is 0 Å². The van der Waals surface area contributed by atoms with E-state index in [1.807, 2.05) is 35.2 Å². The molecule has 8 aliphatic rings. The molecule has 10 rings (SSSR count). The van der Waals surface area contributed by atoms with Gasteiger partial charge in [-0.1, -0.05) is 26.3 Å². The molecule has 6 aliphatic carbocycles. The number of carbonyl (C=O) groups excluding carboxylic acids is 4. The van der Waals surface area contributed by atoms with Gasteiger partial charge in [-0.05, 0) is 86.0 Å². The number of ketones is 2. The fourth-order valence-electron chi connectivity index (χ4n) is 11.6. The molecule has 2 aromatic heterocycles. The fourth-order valence-corrected chi connectivity index (χ4v) is 11.6. The summed E-state index contributed by atoms with van der Waals surface area (Å²) in [5.74, 6) is 0.788. The molecule has 8 nitrogen and oxygen atoms in total. The first-order valence-corrected chi connectivity index (χ1v) is 16.7. The number of nitrogens with one attached hydrogen (secondary N) is 2. The van der Waals surface area contributed by atoms with Gasteiger partial charge in [0.25, 0.3) is 0 Å². The van der Waals surface area contributed by atoms with Gasteiger partial charge in [-0.2, -0.15) is 0 Å². The van der Waals surface area contributed by atoms with Crippen LogP contribution >= 0.6 is 0 Å². The van der Waals surface area contributed by atoms with Gasteiger partial charge in [0.2, 0.25) is 23.4 Å². The monoisotopic (exact) mass is 604 g/mol. The van der Waals surface area contributed by atoms with Crippen molar-refractivity contribution < 1.29 is 19.2 Å². The summed E-state index contributed by atoms with van der Waals surface area (Å²) in [6.45, 7) is 13.8. The smallest absolute Gasteiger partial charge is 0.233 e. The van der Waals surface area contributed by atoms with Crippen LogP contribution in [0.5, 0.6) is 0 Å². The normalized spacial score (nSPS) is 38.1. The number of rotatable bonds is 5. The van der Waals surface area contributed by atoms with Crippen molar-refractivity contribution in [3.8, 4) is 0 Å². The summed E-state index contributed by atoms with van der Waals surface area (Å²) in [7, 11) is 0. The summed E-state index contributed by atoms with van der Waals surface area (Å²) in [6, 6.07) is 0. The third-order valence-electron chi connectivity index (χ3n) is 13.5. The molecule has 4 saturated carbocycles. The first-order valence-electron chi connectivity index (χ1n) is 16.7. The number of allylic oxidation sites excluding steroid dienone is 4. The minimum atomic E-state index is -0.612. The molecular weight excluding hydrogens is 564 g/mol. The Morgan fingerprint density at radius 2 is 1.62 bits per heavy atom. The van der Waals surface area contributed by atoms with Crippen LogP contribution in [0.4, 0.5) is 0 Å². The number of fused-ring (bicyclic) bond motifs is 5. The lowest BCUT2D eigenvalue weighted by Crippen LogP contribution is -2.56. The van der Waals surface area contributed by atoms with Gasteiger partial charge in [0.1, 0.15) is 0 Å². The number of hydrogen-bond acceptors (Lipinski definition) is 4. The number of nitrogens with zero attached hydrogens (tertiary/aromatic N) is 2. The van der Waals surface area contributed by atoms with Gasteiger partial charge < -0.3 is 19.8 Å². The van der Waals surface area contributed by atoms with Crippen LogP contribution in [0, 0.1) is 42.4 Å². The molecule has 6 fully saturated rings. The second-order valence-corrected chi connectivity index (χ2v) is 15.3. The Morgan fingerprint density at radius 3 is 2.29 bits per heavy atom. The van der Waals surface area contributed by atoms with E-state index in [0.717, 1.165) is 46.5 Å². The van der Waals surface area contributed by atoms with E-state index in [-0.39, 0.29) is 34.7 Å². The third-order valence-corrected chi connectivity index (χ3v) is 13.5. The summed E-state index contributed by atoms with van der Waals surface area (Å²) < 4.78 is 0. The third kappa shape index (κ3) is 2.84. The van der Waals surface area contributed by atoms with Crippen molar-refractivity contribution in [1.29, 1.82) is 0 Å². The van der Waals surface area contributed by atoms with E-state index >= 15 is 0 Å². The summed E-state index contributed by atoms with van der Waals surface area (Å²) in [4.78, 5) is 66.2. The highest BCUT2D eigenvalue weighted by molar-refractivity contribution is 6.09. The zero-order valence-electron chi connectivity index (χ0n) is 26.5. The first-order chi connectivity index (χ1) is 21.5. The Morgan fingerprint density at radius 1 is 0.978 bits per heavy atom. The molecule has 2 aliphatic heterocycles. The van der Waals surface area contributed by atoms with E-state index in [4.69, 9.17) is 0 Å². The van der Waals surface area contributed by atoms with Crippen LogP contribution in [0.2, 0.25) is 0 Å². The number of carbonyl (C=O) groups is 4. The van der Waals surface area contributed by atoms with Gasteiger partial charge in [0, 0.05) is 54.4 Å². The lowest BCUT2D eigenvalue weighted by atomic mass is 9.57. The summed E-state index contributed by atoms with van der Waals surface area (Å²) in [5.41, 5.74) is 4.94. The van der Waals surface area contributed by atoms with Crippen LogP contribution in [0.3, 0.4) is 0 Å². The lowest BCUT2D eigenvalue weighted by Gasteiger charge is -2.50. The van der Waals surface area contributed by atoms with Crippen molar-refractivity contribution in [3.63, 3.8) is 0 Å². The maximum Gasteiger partial charge on any atom is 0.233 e. The molecule has 0 radical (unpaired) electrons. The average molecular weight is 605 g/mol. The molecule has 5 atom stereocenters. The Labute approximate surface area is 263 Å². The highest BCUT2D eigenvalue weighted by Gasteiger charge is 2.78. The van der Waals surface area contributed by atoms with E-state index in [1.54, 1.807) is 12.2 Å². The molecule has 2 N–H and O–H groups in total. The van der Waals surface area contributed by atoms with E-state index in [9.17, 15) is 19.2 Å². The van der Waals surface area contributed by atoms with Crippen molar-refractivity contribution in [2.45, 2.75) is 77.0 Å². The van der Waals surface area contributed by atoms with Crippen molar-refractivity contribution in [2.24, 2.45) is 28.6 Å². The Balaban J connectivity index is 1.04. The number of H-pyrrole nitrogens is 2. The van der Waals surface area contributed by atoms with Gasteiger partial charge in [0.15, 0.2) is 0 Å². The second-order valence-electron chi connectivity index (χ2n) is 15.3. The van der Waals surface area contributed by atoms with Crippen LogP contribution in [0.1, 0.15) is 95.6 Å². The topological polar surface area (TPSA) is 106 Å². The average Bonchev–Trinajstić information content (AvgIpc) is 3.70. The van der Waals surface area contributed by atoms with Crippen LogP contribution in [-0.2, 0) is 20.4 Å². The van der Waals surface area contributed by atoms with Crippen LogP contribution in [-0.4, -0.2) is 56.2 Å². The van der Waals surface area contributed by atoms with Crippen molar-refractivity contribution >= 4 is 23.4 Å². The molecule has 2 aromatic rings. The predicted octanol–water partition coefficient (Wildman–Crippen LogP) is 5.41. The first kappa shape index (κ1) is 27.4. The Bertz CT molecular complexity index is 1860. The lowest BCUT2D eigenvalue weighted by molar-refractivity contribution is -0.159. The molecule has 2 amide bonds. The highest BCUT2D eigenvalue weighted by atomic mass is 16.2. The molecular formula is C37H40N4O4. The van der Waals surface area contributed by atoms with Crippen molar-refractivity contribution in [2.75, 3.05) is 13.1 Å². The summed E-state index contributed by atoms with van der Waals surface area (Å²) in [5, 5.41) is 0. The van der Waals surface area contributed by atoms with E-state index < -0.39 is 16.2 Å². The molecule has 8 heteroatoms. The van der Waals surface area contributed by atoms with Crippen molar-refractivity contribution in [3.05, 3.63) is 82.2 Å². The van der Waals surface area contributed by atoms with E-state index in [0.29, 0.717) is 62.0 Å². The molecule has 0 aromatic carbocycles. The second kappa shape index (κ2) is 8.25. The molecule has 2 bridgehead atoms. The van der Waals surface area contributed by atoms with Gasteiger partial charge in [0.05, 0.1) is 27.6 Å². The number of piperidine rings is 1. The van der Waals surface area contributed by atoms with E-state index in [2.05, 4.69) is 37.3 Å². The zero-order chi connectivity index (χ0) is 31.4. The minimum absolute atomic E-state index is 0.0537. The van der Waals surface area contributed by atoms with Gasteiger partial charge in [-0.25, -0.2) is 0 Å². The maximum atomic E-state index is 14.8. The van der Waals surface area contributed by atoms with Crippen molar-refractivity contribution in [1.82, 2.24) is 19.8 Å². The minimum Gasteiger partial charge on any atom is -0.358 e. The number of hydrogen-bond donors (Lipinski definition) is 2. The summed E-state index contributed by atoms with van der Waals surface area (Å²) in [6.07, 6.45) is 13.3. The van der Waals surface area contributed by atoms with Crippen LogP contribution < -0.4 is 0 Å². The molecule has 232 valence electrons. The molecule has 1 unspecified atom stereocenters. The fraction of sp³-hybridized carbons (Fsp3) is 0.514.